The second kappa shape index (κ2) is 6.45. The number of esters is 2. The highest BCUT2D eigenvalue weighted by atomic mass is 79.9. The molecule has 0 amide bonds. The van der Waals surface area contributed by atoms with Crippen LogP contribution < -0.4 is 0 Å². The molecule has 0 radical (unpaired) electrons. The Bertz CT molecular complexity index is 894. The van der Waals surface area contributed by atoms with Gasteiger partial charge in [-0.1, -0.05) is 12.1 Å². The summed E-state index contributed by atoms with van der Waals surface area (Å²) in [6, 6.07) is 8.77. The lowest BCUT2D eigenvalue weighted by Crippen LogP contribution is -2.05. The Balaban J connectivity index is 1.95. The zero-order chi connectivity index (χ0) is 17.3. The summed E-state index contributed by atoms with van der Waals surface area (Å²) >= 11 is 3.39. The molecule has 1 aromatic heterocycles. The molecule has 0 aliphatic carbocycles. The number of carbonyl (C=O) groups is 2. The normalized spacial score (nSPS) is 15.4. The van der Waals surface area contributed by atoms with Gasteiger partial charge in [0, 0.05) is 10.5 Å². The highest BCUT2D eigenvalue weighted by Gasteiger charge is 2.26. The van der Waals surface area contributed by atoms with Crippen LogP contribution in [0.4, 0.5) is 0 Å². The first-order valence-electron chi connectivity index (χ1n) is 6.96. The molecular formula is C17H12BrNO5. The fourth-order valence-corrected chi connectivity index (χ4v) is 2.64. The van der Waals surface area contributed by atoms with Crippen molar-refractivity contribution >= 4 is 39.8 Å². The fraction of sp³-hybridized carbons (Fsp3) is 0.118. The minimum atomic E-state index is -0.588. The third-order valence-corrected chi connectivity index (χ3v) is 4.04. The van der Waals surface area contributed by atoms with E-state index in [1.165, 1.54) is 19.3 Å². The number of rotatable bonds is 3. The lowest BCUT2D eigenvalue weighted by molar-refractivity contribution is -0.129. The van der Waals surface area contributed by atoms with E-state index in [1.807, 2.05) is 18.2 Å². The first kappa shape index (κ1) is 16.2. The molecule has 7 heteroatoms. The van der Waals surface area contributed by atoms with Gasteiger partial charge >= 0.3 is 11.9 Å². The first-order chi connectivity index (χ1) is 11.5. The molecule has 0 atom stereocenters. The molecule has 0 N–H and O–H groups in total. The van der Waals surface area contributed by atoms with Crippen molar-refractivity contribution in [1.29, 1.82) is 0 Å². The Labute approximate surface area is 145 Å². The highest BCUT2D eigenvalue weighted by Crippen LogP contribution is 2.25. The Morgan fingerprint density at radius 2 is 2.08 bits per heavy atom. The zero-order valence-corrected chi connectivity index (χ0v) is 14.4. The van der Waals surface area contributed by atoms with Crippen LogP contribution in [-0.4, -0.2) is 24.9 Å². The van der Waals surface area contributed by atoms with E-state index in [9.17, 15) is 9.59 Å². The molecule has 0 bridgehead atoms. The van der Waals surface area contributed by atoms with E-state index in [1.54, 1.807) is 13.0 Å². The van der Waals surface area contributed by atoms with E-state index in [-0.39, 0.29) is 11.6 Å². The van der Waals surface area contributed by atoms with E-state index < -0.39 is 11.9 Å². The van der Waals surface area contributed by atoms with Gasteiger partial charge in [0.1, 0.15) is 17.1 Å². The molecule has 2 aromatic rings. The smallest absolute Gasteiger partial charge is 0.363 e. The van der Waals surface area contributed by atoms with Crippen LogP contribution in [0, 0.1) is 6.92 Å². The molecule has 3 rings (SSSR count). The van der Waals surface area contributed by atoms with Gasteiger partial charge in [0.2, 0.25) is 5.90 Å². The van der Waals surface area contributed by atoms with Crippen molar-refractivity contribution in [1.82, 2.24) is 0 Å². The Morgan fingerprint density at radius 3 is 2.79 bits per heavy atom. The Morgan fingerprint density at radius 1 is 1.33 bits per heavy atom. The molecule has 1 aliphatic rings. The lowest BCUT2D eigenvalue weighted by atomic mass is 10.2. The highest BCUT2D eigenvalue weighted by molar-refractivity contribution is 9.10. The number of aliphatic imine (C=N–C) groups is 1. The molecule has 6 nitrogen and oxygen atoms in total. The number of ether oxygens (including phenoxy) is 2. The second-order valence-electron chi connectivity index (χ2n) is 4.93. The molecule has 0 unspecified atom stereocenters. The predicted molar refractivity (Wildman–Crippen MR) is 89.5 cm³/mol. The SMILES string of the molecule is COC(=O)c1cc(/C=C2\N=C(c3ccccc3Br)OC2=O)oc1C. The number of benzene rings is 1. The van der Waals surface area contributed by atoms with Crippen molar-refractivity contribution in [2.45, 2.75) is 6.92 Å². The fourth-order valence-electron chi connectivity index (χ4n) is 2.18. The second-order valence-corrected chi connectivity index (χ2v) is 5.78. The maximum atomic E-state index is 12.0. The molecule has 0 saturated heterocycles. The van der Waals surface area contributed by atoms with E-state index in [4.69, 9.17) is 9.15 Å². The predicted octanol–water partition coefficient (Wildman–Crippen LogP) is 3.48. The molecular weight excluding hydrogens is 378 g/mol. The largest absolute Gasteiger partial charge is 0.465 e. The molecule has 122 valence electrons. The summed E-state index contributed by atoms with van der Waals surface area (Å²) in [5, 5.41) is 0. The van der Waals surface area contributed by atoms with Crippen molar-refractivity contribution in [2.75, 3.05) is 7.11 Å². The summed E-state index contributed by atoms with van der Waals surface area (Å²) in [6.07, 6.45) is 1.42. The van der Waals surface area contributed by atoms with Gasteiger partial charge in [-0.05, 0) is 41.1 Å². The van der Waals surface area contributed by atoms with Crippen molar-refractivity contribution in [3.05, 3.63) is 63.1 Å². The molecule has 0 fully saturated rings. The van der Waals surface area contributed by atoms with Crippen LogP contribution in [-0.2, 0) is 14.3 Å². The zero-order valence-electron chi connectivity index (χ0n) is 12.8. The van der Waals surface area contributed by atoms with Gasteiger partial charge in [-0.2, -0.15) is 0 Å². The number of carbonyl (C=O) groups excluding carboxylic acids is 2. The van der Waals surface area contributed by atoms with Crippen LogP contribution >= 0.6 is 15.9 Å². The Hall–Kier alpha value is -2.67. The van der Waals surface area contributed by atoms with E-state index in [0.717, 1.165) is 4.47 Å². The number of methoxy groups -OCH3 is 1. The topological polar surface area (TPSA) is 78.1 Å². The lowest BCUT2D eigenvalue weighted by Gasteiger charge is -2.01. The molecule has 24 heavy (non-hydrogen) atoms. The van der Waals surface area contributed by atoms with Gasteiger partial charge in [0.15, 0.2) is 5.70 Å². The quantitative estimate of drug-likeness (QED) is 0.592. The number of halogens is 1. The van der Waals surface area contributed by atoms with E-state index in [0.29, 0.717) is 22.6 Å². The summed E-state index contributed by atoms with van der Waals surface area (Å²) in [5.74, 6) is -0.177. The van der Waals surface area contributed by atoms with Gasteiger partial charge in [0.25, 0.3) is 0 Å². The van der Waals surface area contributed by atoms with Crippen LogP contribution in [0.25, 0.3) is 6.08 Å². The first-order valence-corrected chi connectivity index (χ1v) is 7.75. The molecule has 0 saturated carbocycles. The molecule has 1 aliphatic heterocycles. The standard InChI is InChI=1S/C17H12BrNO5/c1-9-12(16(20)22-2)7-10(23-9)8-14-17(21)24-15(19-14)11-5-3-4-6-13(11)18/h3-8H,1-2H3/b14-8-. The summed E-state index contributed by atoms with van der Waals surface area (Å²) in [7, 11) is 1.29. The number of aryl methyl sites for hydroxylation is 1. The van der Waals surface area contributed by atoms with Gasteiger partial charge < -0.3 is 13.9 Å². The van der Waals surface area contributed by atoms with Crippen LogP contribution in [0.1, 0.15) is 27.4 Å². The number of hydrogen-bond donors (Lipinski definition) is 0. The number of furan rings is 1. The van der Waals surface area contributed by atoms with Gasteiger partial charge in [-0.15, -0.1) is 0 Å². The van der Waals surface area contributed by atoms with Crippen LogP contribution in [0.15, 0.2) is 49.9 Å². The number of nitrogens with zero attached hydrogens (tertiary/aromatic N) is 1. The summed E-state index contributed by atoms with van der Waals surface area (Å²) in [6.45, 7) is 1.64. The summed E-state index contributed by atoms with van der Waals surface area (Å²) < 4.78 is 16.1. The van der Waals surface area contributed by atoms with E-state index >= 15 is 0 Å². The van der Waals surface area contributed by atoms with E-state index in [2.05, 4.69) is 25.7 Å². The summed E-state index contributed by atoms with van der Waals surface area (Å²) in [5.41, 5.74) is 1.05. The molecule has 1 aromatic carbocycles. The third-order valence-electron chi connectivity index (χ3n) is 3.35. The Kier molecular flexibility index (Phi) is 4.35. The van der Waals surface area contributed by atoms with Crippen LogP contribution in [0.3, 0.4) is 0 Å². The van der Waals surface area contributed by atoms with Crippen LogP contribution in [0.2, 0.25) is 0 Å². The maximum absolute atomic E-state index is 12.0. The minimum absolute atomic E-state index is 0.0888. The van der Waals surface area contributed by atoms with Crippen LogP contribution in [0.5, 0.6) is 0 Å². The monoisotopic (exact) mass is 389 g/mol. The van der Waals surface area contributed by atoms with Gasteiger partial charge in [0.05, 0.1) is 12.7 Å². The van der Waals surface area contributed by atoms with Crippen molar-refractivity contribution in [2.24, 2.45) is 4.99 Å². The number of cyclic esters (lactones) is 1. The van der Waals surface area contributed by atoms with Crippen molar-refractivity contribution in [3.8, 4) is 0 Å². The van der Waals surface area contributed by atoms with Crippen molar-refractivity contribution in [3.63, 3.8) is 0 Å². The minimum Gasteiger partial charge on any atom is -0.465 e. The maximum Gasteiger partial charge on any atom is 0.363 e. The van der Waals surface area contributed by atoms with Gasteiger partial charge in [-0.3, -0.25) is 0 Å². The molecule has 0 spiro atoms. The third kappa shape index (κ3) is 3.03. The number of hydrogen-bond acceptors (Lipinski definition) is 6. The van der Waals surface area contributed by atoms with Gasteiger partial charge in [-0.25, -0.2) is 14.6 Å². The average molecular weight is 390 g/mol. The average Bonchev–Trinajstić information content (AvgIpc) is 3.10. The summed E-state index contributed by atoms with van der Waals surface area (Å²) in [4.78, 5) is 27.8. The molecule has 2 heterocycles. The van der Waals surface area contributed by atoms with Crippen molar-refractivity contribution < 1.29 is 23.5 Å².